The molecule has 3 heterocycles. The number of hydrogen-bond acceptors (Lipinski definition) is 11. The summed E-state index contributed by atoms with van der Waals surface area (Å²) in [4.78, 5) is 0. The molecule has 27 heavy (non-hydrogen) atoms. The third-order valence-corrected chi connectivity index (χ3v) is 5.23. The Labute approximate surface area is 156 Å². The van der Waals surface area contributed by atoms with Crippen LogP contribution in [0, 0.1) is 0 Å². The van der Waals surface area contributed by atoms with Crippen LogP contribution in [0.4, 0.5) is 0 Å². The predicted octanol–water partition coefficient (Wildman–Crippen LogP) is -3.55. The Morgan fingerprint density at radius 2 is 1.70 bits per heavy atom. The summed E-state index contributed by atoms with van der Waals surface area (Å²) >= 11 is 0. The molecule has 0 unspecified atom stereocenters. The Morgan fingerprint density at radius 3 is 2.37 bits per heavy atom. The molecule has 0 radical (unpaired) electrons. The Morgan fingerprint density at radius 1 is 1.00 bits per heavy atom. The Hall–Kier alpha value is -0.440. The highest BCUT2D eigenvalue weighted by Crippen LogP contribution is 2.30. The van der Waals surface area contributed by atoms with E-state index in [-0.39, 0.29) is 26.2 Å². The summed E-state index contributed by atoms with van der Waals surface area (Å²) in [6, 6.07) is 0. The highest BCUT2D eigenvalue weighted by molar-refractivity contribution is 4.94. The average Bonchev–Trinajstić information content (AvgIpc) is 2.93. The van der Waals surface area contributed by atoms with Gasteiger partial charge in [-0.05, 0) is 6.92 Å². The minimum absolute atomic E-state index is 0.00282. The lowest BCUT2D eigenvalue weighted by Gasteiger charge is -2.41. The molecule has 3 rings (SSSR count). The van der Waals surface area contributed by atoms with Gasteiger partial charge >= 0.3 is 0 Å². The van der Waals surface area contributed by atoms with E-state index in [9.17, 15) is 30.6 Å². The first-order valence-corrected chi connectivity index (χ1v) is 8.96. The largest absolute Gasteiger partial charge is 0.393 e. The molecule has 0 aromatic rings. The molecule has 3 saturated heterocycles. The summed E-state index contributed by atoms with van der Waals surface area (Å²) < 4.78 is 27.2. The van der Waals surface area contributed by atoms with Crippen LogP contribution in [0.2, 0.25) is 0 Å². The molecular formula is C16H28O11. The number of ether oxygens (including phenoxy) is 5. The van der Waals surface area contributed by atoms with Gasteiger partial charge in [0.15, 0.2) is 12.6 Å². The van der Waals surface area contributed by atoms with Crippen LogP contribution >= 0.6 is 0 Å². The maximum atomic E-state index is 10.1. The van der Waals surface area contributed by atoms with Crippen LogP contribution in [0.3, 0.4) is 0 Å². The average molecular weight is 396 g/mol. The monoisotopic (exact) mass is 396 g/mol. The molecule has 0 amide bonds. The molecule has 11 nitrogen and oxygen atoms in total. The first-order valence-electron chi connectivity index (χ1n) is 8.96. The minimum atomic E-state index is -1.83. The van der Waals surface area contributed by atoms with Crippen LogP contribution in [0.5, 0.6) is 0 Å². The lowest BCUT2D eigenvalue weighted by Crippen LogP contribution is -2.56. The van der Waals surface area contributed by atoms with Gasteiger partial charge in [-0.2, -0.15) is 0 Å². The molecule has 3 aliphatic heterocycles. The molecule has 0 spiro atoms. The van der Waals surface area contributed by atoms with E-state index in [2.05, 4.69) is 0 Å². The van der Waals surface area contributed by atoms with Crippen molar-refractivity contribution in [3.8, 4) is 0 Å². The van der Waals surface area contributed by atoms with Gasteiger partial charge in [0.1, 0.15) is 36.1 Å². The van der Waals surface area contributed by atoms with Crippen LogP contribution in [-0.2, 0) is 23.7 Å². The van der Waals surface area contributed by atoms with Crippen molar-refractivity contribution >= 4 is 0 Å². The highest BCUT2D eigenvalue weighted by Gasteiger charge is 2.50. The fourth-order valence-electron chi connectivity index (χ4n) is 3.36. The van der Waals surface area contributed by atoms with Gasteiger partial charge in [-0.1, -0.05) is 0 Å². The van der Waals surface area contributed by atoms with Crippen molar-refractivity contribution in [2.24, 2.45) is 0 Å². The summed E-state index contributed by atoms with van der Waals surface area (Å²) in [5.74, 6) is 0. The quantitative estimate of drug-likeness (QED) is 0.272. The molecule has 0 aromatic carbocycles. The Balaban J connectivity index is 1.58. The Bertz CT molecular complexity index is 493. The third-order valence-electron chi connectivity index (χ3n) is 5.23. The number of hydrogen-bond donors (Lipinski definition) is 6. The summed E-state index contributed by atoms with van der Waals surface area (Å²) in [5, 5.41) is 59.2. The summed E-state index contributed by atoms with van der Waals surface area (Å²) in [6.07, 6.45) is -8.92. The van der Waals surface area contributed by atoms with Crippen LogP contribution in [0.15, 0.2) is 0 Å². The molecule has 158 valence electrons. The van der Waals surface area contributed by atoms with Crippen molar-refractivity contribution in [3.05, 3.63) is 0 Å². The molecule has 3 fully saturated rings. The van der Waals surface area contributed by atoms with E-state index in [0.29, 0.717) is 0 Å². The SMILES string of the molecule is C[C@@H]1OC[C@H](O)[C@H](O)[C@H]1O[C@H]1C[C@@H](O[C@@H]2OC[C@](O)(CO)[C@H]2O)[C@H](O)CO1. The first-order chi connectivity index (χ1) is 12.7. The van der Waals surface area contributed by atoms with Gasteiger partial charge in [0, 0.05) is 6.42 Å². The zero-order valence-electron chi connectivity index (χ0n) is 15.0. The summed E-state index contributed by atoms with van der Waals surface area (Å²) in [5.41, 5.74) is -1.83. The lowest BCUT2D eigenvalue weighted by atomic mass is 10.00. The number of rotatable bonds is 5. The zero-order chi connectivity index (χ0) is 19.8. The van der Waals surface area contributed by atoms with E-state index >= 15 is 0 Å². The van der Waals surface area contributed by atoms with Gasteiger partial charge < -0.3 is 54.3 Å². The van der Waals surface area contributed by atoms with Gasteiger partial charge in [-0.3, -0.25) is 0 Å². The van der Waals surface area contributed by atoms with Gasteiger partial charge in [0.05, 0.1) is 38.6 Å². The normalized spacial score (nSPS) is 51.4. The third kappa shape index (κ3) is 4.43. The van der Waals surface area contributed by atoms with Crippen molar-refractivity contribution in [3.63, 3.8) is 0 Å². The van der Waals surface area contributed by atoms with Crippen molar-refractivity contribution in [2.45, 2.75) is 74.3 Å². The smallest absolute Gasteiger partial charge is 0.187 e. The molecule has 6 N–H and O–H groups in total. The van der Waals surface area contributed by atoms with Crippen molar-refractivity contribution in [1.82, 2.24) is 0 Å². The van der Waals surface area contributed by atoms with Crippen molar-refractivity contribution in [1.29, 1.82) is 0 Å². The van der Waals surface area contributed by atoms with Crippen molar-refractivity contribution in [2.75, 3.05) is 26.4 Å². The number of aliphatic hydroxyl groups excluding tert-OH is 5. The second-order valence-corrected chi connectivity index (χ2v) is 7.32. The van der Waals surface area contributed by atoms with E-state index in [1.54, 1.807) is 6.92 Å². The molecule has 0 saturated carbocycles. The topological polar surface area (TPSA) is 168 Å². The van der Waals surface area contributed by atoms with Crippen LogP contribution in [0.1, 0.15) is 13.3 Å². The maximum Gasteiger partial charge on any atom is 0.187 e. The maximum absolute atomic E-state index is 10.1. The van der Waals surface area contributed by atoms with Gasteiger partial charge in [0.2, 0.25) is 0 Å². The predicted molar refractivity (Wildman–Crippen MR) is 85.3 cm³/mol. The van der Waals surface area contributed by atoms with Gasteiger partial charge in [-0.25, -0.2) is 0 Å². The van der Waals surface area contributed by atoms with E-state index < -0.39 is 67.5 Å². The van der Waals surface area contributed by atoms with Gasteiger partial charge in [0.25, 0.3) is 0 Å². The molecule has 0 bridgehead atoms. The Kier molecular flexibility index (Phi) is 6.71. The zero-order valence-corrected chi connectivity index (χ0v) is 15.0. The molecule has 10 atom stereocenters. The second kappa shape index (κ2) is 8.51. The van der Waals surface area contributed by atoms with Gasteiger partial charge in [-0.15, -0.1) is 0 Å². The highest BCUT2D eigenvalue weighted by atomic mass is 16.7. The molecule has 11 heteroatoms. The minimum Gasteiger partial charge on any atom is -0.393 e. The molecule has 0 aliphatic carbocycles. The fourth-order valence-corrected chi connectivity index (χ4v) is 3.36. The molecule has 3 aliphatic rings. The van der Waals surface area contributed by atoms with E-state index in [1.807, 2.05) is 0 Å². The van der Waals surface area contributed by atoms with Crippen LogP contribution in [0.25, 0.3) is 0 Å². The first kappa shape index (κ1) is 21.3. The number of aliphatic hydroxyl groups is 6. The molecular weight excluding hydrogens is 368 g/mol. The van der Waals surface area contributed by atoms with Crippen molar-refractivity contribution < 1.29 is 54.3 Å². The van der Waals surface area contributed by atoms with E-state index in [4.69, 9.17) is 23.7 Å². The lowest BCUT2D eigenvalue weighted by molar-refractivity contribution is -0.299. The molecule has 0 aromatic heterocycles. The van der Waals surface area contributed by atoms with Crippen LogP contribution in [-0.4, -0.2) is 118 Å². The van der Waals surface area contributed by atoms with E-state index in [0.717, 1.165) is 0 Å². The fraction of sp³-hybridized carbons (Fsp3) is 1.00. The summed E-state index contributed by atoms with van der Waals surface area (Å²) in [6.45, 7) is 0.571. The van der Waals surface area contributed by atoms with E-state index in [1.165, 1.54) is 0 Å². The summed E-state index contributed by atoms with van der Waals surface area (Å²) in [7, 11) is 0. The van der Waals surface area contributed by atoms with Crippen LogP contribution < -0.4 is 0 Å². The standard InChI is InChI=1S/C16H28O11/c1-7-13(12(20)9(19)4-23-7)27-11-2-10(8(18)3-24-11)26-15-14(21)16(22,5-17)6-25-15/h7-15,17-22H,2-6H2,1H3/t7-,8+,9-,10+,11-,12-,13-,14-,15-,16+/m0/s1. The second-order valence-electron chi connectivity index (χ2n) is 7.32.